The number of halogens is 1. The molecular weight excluding hydrogens is 290 g/mol. The minimum absolute atomic E-state index is 0.0943. The van der Waals surface area contributed by atoms with Crippen LogP contribution in [0.3, 0.4) is 0 Å². The van der Waals surface area contributed by atoms with E-state index in [0.717, 1.165) is 31.2 Å². The lowest BCUT2D eigenvalue weighted by molar-refractivity contribution is 0.543. The molecule has 0 N–H and O–H groups in total. The van der Waals surface area contributed by atoms with Gasteiger partial charge in [-0.2, -0.15) is 0 Å². The van der Waals surface area contributed by atoms with Gasteiger partial charge in [-0.3, -0.25) is 0 Å². The molecule has 2 aromatic heterocycles. The van der Waals surface area contributed by atoms with E-state index in [9.17, 15) is 0 Å². The first kappa shape index (κ1) is 13.8. The molecule has 3 rings (SSSR count). The van der Waals surface area contributed by atoms with E-state index < -0.39 is 0 Å². The Hall–Kier alpha value is -1.13. The van der Waals surface area contributed by atoms with E-state index in [-0.39, 0.29) is 5.41 Å². The number of fused-ring (bicyclic) bond motifs is 1. The van der Waals surface area contributed by atoms with Crippen LogP contribution in [0.2, 0.25) is 5.15 Å². The van der Waals surface area contributed by atoms with E-state index in [1.54, 1.807) is 0 Å². The number of rotatable bonds is 1. The van der Waals surface area contributed by atoms with Crippen molar-refractivity contribution in [2.24, 2.45) is 0 Å². The van der Waals surface area contributed by atoms with Crippen molar-refractivity contribution in [3.8, 4) is 0 Å². The molecule has 0 unspecified atom stereocenters. The van der Waals surface area contributed by atoms with Gasteiger partial charge < -0.3 is 4.90 Å². The van der Waals surface area contributed by atoms with Crippen LogP contribution in [0.4, 0.5) is 5.82 Å². The fourth-order valence-electron chi connectivity index (χ4n) is 2.35. The van der Waals surface area contributed by atoms with Crippen LogP contribution in [0.25, 0.3) is 0 Å². The van der Waals surface area contributed by atoms with Crippen molar-refractivity contribution >= 4 is 28.8 Å². The van der Waals surface area contributed by atoms with Gasteiger partial charge in [-0.1, -0.05) is 32.4 Å². The standard InChI is InChI=1S/C15H18ClN3S/c1-15(2,3)14-17-12(16)8-13(18-14)19-6-4-11-10(9-19)5-7-20-11/h5,7-8H,4,6,9H2,1-3H3. The van der Waals surface area contributed by atoms with Crippen LogP contribution in [0.15, 0.2) is 17.5 Å². The molecule has 0 amide bonds. The van der Waals surface area contributed by atoms with Crippen LogP contribution in [-0.4, -0.2) is 16.5 Å². The Morgan fingerprint density at radius 1 is 1.30 bits per heavy atom. The van der Waals surface area contributed by atoms with Crippen LogP contribution >= 0.6 is 22.9 Å². The zero-order valence-electron chi connectivity index (χ0n) is 12.0. The SMILES string of the molecule is CC(C)(C)c1nc(Cl)cc(N2CCc3sccc3C2)n1. The van der Waals surface area contributed by atoms with Crippen LogP contribution in [0.5, 0.6) is 0 Å². The van der Waals surface area contributed by atoms with E-state index in [4.69, 9.17) is 16.6 Å². The highest BCUT2D eigenvalue weighted by atomic mass is 35.5. The topological polar surface area (TPSA) is 29.0 Å². The van der Waals surface area contributed by atoms with Gasteiger partial charge in [0.25, 0.3) is 0 Å². The number of thiophene rings is 1. The van der Waals surface area contributed by atoms with Gasteiger partial charge >= 0.3 is 0 Å². The molecule has 1 aliphatic rings. The predicted octanol–water partition coefficient (Wildman–Crippen LogP) is 4.05. The summed E-state index contributed by atoms with van der Waals surface area (Å²) < 4.78 is 0. The molecule has 20 heavy (non-hydrogen) atoms. The van der Waals surface area contributed by atoms with Crippen LogP contribution in [-0.2, 0) is 18.4 Å². The Kier molecular flexibility index (Phi) is 3.46. The van der Waals surface area contributed by atoms with Crippen molar-refractivity contribution in [1.29, 1.82) is 0 Å². The Bertz CT molecular complexity index is 630. The minimum Gasteiger partial charge on any atom is -0.352 e. The predicted molar refractivity (Wildman–Crippen MR) is 84.8 cm³/mol. The summed E-state index contributed by atoms with van der Waals surface area (Å²) in [5, 5.41) is 2.69. The first-order valence-electron chi connectivity index (χ1n) is 6.79. The summed E-state index contributed by atoms with van der Waals surface area (Å²) in [6.45, 7) is 8.22. The Labute approximate surface area is 128 Å². The van der Waals surface area contributed by atoms with Gasteiger partial charge in [0.2, 0.25) is 0 Å². The molecule has 0 spiro atoms. The van der Waals surface area contributed by atoms with Crippen molar-refractivity contribution in [1.82, 2.24) is 9.97 Å². The summed E-state index contributed by atoms with van der Waals surface area (Å²) in [6.07, 6.45) is 1.08. The molecule has 0 saturated heterocycles. The summed E-state index contributed by atoms with van der Waals surface area (Å²) in [6, 6.07) is 4.08. The summed E-state index contributed by atoms with van der Waals surface area (Å²) >= 11 is 8.03. The van der Waals surface area contributed by atoms with E-state index in [0.29, 0.717) is 5.15 Å². The molecular formula is C15H18ClN3S. The molecule has 0 aliphatic carbocycles. The Balaban J connectivity index is 1.93. The second-order valence-corrected chi connectivity index (χ2v) is 7.55. The third-order valence-electron chi connectivity index (χ3n) is 3.48. The monoisotopic (exact) mass is 307 g/mol. The summed E-state index contributed by atoms with van der Waals surface area (Å²) in [4.78, 5) is 12.9. The minimum atomic E-state index is -0.0943. The molecule has 3 heterocycles. The zero-order chi connectivity index (χ0) is 14.3. The lowest BCUT2D eigenvalue weighted by atomic mass is 9.96. The maximum atomic E-state index is 6.18. The Morgan fingerprint density at radius 3 is 2.85 bits per heavy atom. The van der Waals surface area contributed by atoms with Gasteiger partial charge in [-0.25, -0.2) is 9.97 Å². The van der Waals surface area contributed by atoms with Crippen molar-refractivity contribution < 1.29 is 0 Å². The lowest BCUT2D eigenvalue weighted by Crippen LogP contribution is -2.31. The summed E-state index contributed by atoms with van der Waals surface area (Å²) in [5.74, 6) is 1.74. The molecule has 106 valence electrons. The quantitative estimate of drug-likeness (QED) is 0.744. The highest BCUT2D eigenvalue weighted by Crippen LogP contribution is 2.29. The first-order valence-corrected chi connectivity index (χ1v) is 8.04. The second kappa shape index (κ2) is 5.01. The van der Waals surface area contributed by atoms with Gasteiger partial charge in [0, 0.05) is 29.4 Å². The lowest BCUT2D eigenvalue weighted by Gasteiger charge is -2.29. The number of aromatic nitrogens is 2. The molecule has 5 heteroatoms. The molecule has 0 radical (unpaired) electrons. The van der Waals surface area contributed by atoms with E-state index in [1.807, 2.05) is 17.4 Å². The van der Waals surface area contributed by atoms with Crippen LogP contribution in [0.1, 0.15) is 37.0 Å². The molecule has 0 bridgehead atoms. The summed E-state index contributed by atoms with van der Waals surface area (Å²) in [7, 11) is 0. The van der Waals surface area contributed by atoms with Gasteiger partial charge in [0.05, 0.1) is 0 Å². The highest BCUT2D eigenvalue weighted by Gasteiger charge is 2.23. The largest absolute Gasteiger partial charge is 0.352 e. The molecule has 0 atom stereocenters. The smallest absolute Gasteiger partial charge is 0.137 e. The maximum absolute atomic E-state index is 6.18. The normalized spacial score (nSPS) is 15.3. The average molecular weight is 308 g/mol. The number of hydrogen-bond donors (Lipinski definition) is 0. The number of nitrogens with zero attached hydrogens (tertiary/aromatic N) is 3. The van der Waals surface area contributed by atoms with Gasteiger partial charge in [-0.15, -0.1) is 11.3 Å². The second-order valence-electron chi connectivity index (χ2n) is 6.16. The zero-order valence-corrected chi connectivity index (χ0v) is 13.6. The Morgan fingerprint density at radius 2 is 2.10 bits per heavy atom. The molecule has 2 aromatic rings. The molecule has 0 fully saturated rings. The fraction of sp³-hybridized carbons (Fsp3) is 0.467. The van der Waals surface area contributed by atoms with Gasteiger partial charge in [0.1, 0.15) is 16.8 Å². The molecule has 0 aromatic carbocycles. The van der Waals surface area contributed by atoms with E-state index in [2.05, 4.69) is 42.1 Å². The average Bonchev–Trinajstić information content (AvgIpc) is 2.84. The first-order chi connectivity index (χ1) is 9.43. The molecule has 3 nitrogen and oxygen atoms in total. The molecule has 0 saturated carbocycles. The maximum Gasteiger partial charge on any atom is 0.137 e. The third kappa shape index (κ3) is 2.67. The molecule has 1 aliphatic heterocycles. The number of anilines is 1. The van der Waals surface area contributed by atoms with Gasteiger partial charge in [0.15, 0.2) is 0 Å². The highest BCUT2D eigenvalue weighted by molar-refractivity contribution is 7.10. The van der Waals surface area contributed by atoms with E-state index >= 15 is 0 Å². The third-order valence-corrected chi connectivity index (χ3v) is 4.70. The van der Waals surface area contributed by atoms with Gasteiger partial charge in [-0.05, 0) is 23.4 Å². The van der Waals surface area contributed by atoms with E-state index in [1.165, 1.54) is 10.4 Å². The van der Waals surface area contributed by atoms with Crippen LogP contribution < -0.4 is 4.90 Å². The van der Waals surface area contributed by atoms with Crippen molar-refractivity contribution in [3.63, 3.8) is 0 Å². The van der Waals surface area contributed by atoms with Crippen LogP contribution in [0, 0.1) is 0 Å². The van der Waals surface area contributed by atoms with Crippen molar-refractivity contribution in [2.75, 3.05) is 11.4 Å². The summed E-state index contributed by atoms with van der Waals surface area (Å²) in [5.41, 5.74) is 1.32. The fourth-order valence-corrected chi connectivity index (χ4v) is 3.41. The van der Waals surface area contributed by atoms with Crippen molar-refractivity contribution in [2.45, 2.75) is 39.2 Å². The van der Waals surface area contributed by atoms with Crippen molar-refractivity contribution in [3.05, 3.63) is 38.9 Å². The number of hydrogen-bond acceptors (Lipinski definition) is 4.